The number of aryl methyl sites for hydroxylation is 1. The first-order valence-electron chi connectivity index (χ1n) is 2.86. The van der Waals surface area contributed by atoms with Gasteiger partial charge in [-0.3, -0.25) is 0 Å². The van der Waals surface area contributed by atoms with Crippen molar-refractivity contribution in [2.24, 2.45) is 0 Å². The second-order valence-corrected chi connectivity index (χ2v) is 1.99. The summed E-state index contributed by atoms with van der Waals surface area (Å²) in [6.45, 7) is 2.05. The Balaban J connectivity index is 2.88. The number of ether oxygens (including phenoxy) is 1. The lowest BCUT2D eigenvalue weighted by Crippen LogP contribution is -1.74. The smallest absolute Gasteiger partial charge is 0.225 e. The van der Waals surface area contributed by atoms with E-state index < -0.39 is 0 Å². The summed E-state index contributed by atoms with van der Waals surface area (Å²) in [6.07, 6.45) is 0. The third-order valence-electron chi connectivity index (χ3n) is 1.22. The molecule has 0 atom stereocenters. The molecular weight excluding hydrogens is 112 g/mol. The molecule has 0 unspecified atom stereocenters. The molecule has 48 valence electrons. The first kappa shape index (κ1) is 6.14. The van der Waals surface area contributed by atoms with Gasteiger partial charge in [-0.25, -0.2) is 0 Å². The molecule has 1 N–H and O–H groups in total. The first-order valence-corrected chi connectivity index (χ1v) is 2.86. The number of hydrogen-bond acceptors (Lipinski definition) is 0. The van der Waals surface area contributed by atoms with Crippen LogP contribution in [0.25, 0.3) is 0 Å². The lowest BCUT2D eigenvalue weighted by molar-refractivity contribution is 0.186. The van der Waals surface area contributed by atoms with Crippen molar-refractivity contribution in [3.63, 3.8) is 0 Å². The van der Waals surface area contributed by atoms with Crippen molar-refractivity contribution >= 4 is 0 Å². The summed E-state index contributed by atoms with van der Waals surface area (Å²) in [5.41, 5.74) is 1.25. The van der Waals surface area contributed by atoms with Gasteiger partial charge in [0.15, 0.2) is 0 Å². The summed E-state index contributed by atoms with van der Waals surface area (Å²) in [6, 6.07) is 7.93. The standard InChI is InChI=1S/C8H10O/c1-7-3-5-8(9-2)6-4-7/h3-6,9H,2H2,1H3. The molecule has 1 rings (SSSR count). The largest absolute Gasteiger partial charge is 0.722 e. The topological polar surface area (TPSA) is 12.8 Å². The van der Waals surface area contributed by atoms with Gasteiger partial charge in [0.05, 0.1) is 0 Å². The molecular formula is C8H10O. The minimum atomic E-state index is 0.931. The van der Waals surface area contributed by atoms with E-state index in [2.05, 4.69) is 11.8 Å². The van der Waals surface area contributed by atoms with E-state index in [0.29, 0.717) is 0 Å². The molecule has 0 bridgehead atoms. The van der Waals surface area contributed by atoms with E-state index in [4.69, 9.17) is 0 Å². The fourth-order valence-corrected chi connectivity index (χ4v) is 0.650. The first-order chi connectivity index (χ1) is 4.33. The van der Waals surface area contributed by atoms with Gasteiger partial charge in [-0.15, -0.1) is 0 Å². The van der Waals surface area contributed by atoms with Gasteiger partial charge in [0.2, 0.25) is 5.75 Å². The molecule has 0 fully saturated rings. The molecule has 0 saturated heterocycles. The summed E-state index contributed by atoms with van der Waals surface area (Å²) in [5, 5.41) is 0. The highest BCUT2D eigenvalue weighted by atomic mass is 16.5. The SMILES string of the molecule is [CH2-][OH+]c1ccc(C)cc1. The van der Waals surface area contributed by atoms with Gasteiger partial charge in [0.25, 0.3) is 0 Å². The fourth-order valence-electron chi connectivity index (χ4n) is 0.650. The van der Waals surface area contributed by atoms with Gasteiger partial charge in [-0.2, -0.15) is 0 Å². The maximum atomic E-state index is 3.76. The number of hydrogen-bond donors (Lipinski definition) is 0. The Kier molecular flexibility index (Phi) is 1.73. The third-order valence-corrected chi connectivity index (χ3v) is 1.22. The fraction of sp³-hybridized carbons (Fsp3) is 0.125. The van der Waals surface area contributed by atoms with Crippen LogP contribution >= 0.6 is 0 Å². The van der Waals surface area contributed by atoms with E-state index in [1.165, 1.54) is 5.56 Å². The van der Waals surface area contributed by atoms with Crippen LogP contribution in [0.3, 0.4) is 0 Å². The molecule has 1 nitrogen and oxygen atoms in total. The van der Waals surface area contributed by atoms with Crippen LogP contribution in [0, 0.1) is 14.0 Å². The summed E-state index contributed by atoms with van der Waals surface area (Å²) in [7, 11) is 3.41. The zero-order chi connectivity index (χ0) is 6.69. The van der Waals surface area contributed by atoms with Crippen molar-refractivity contribution in [1.29, 1.82) is 0 Å². The molecule has 1 aromatic rings. The normalized spacial score (nSPS) is 9.11. The van der Waals surface area contributed by atoms with Gasteiger partial charge >= 0.3 is 0 Å². The van der Waals surface area contributed by atoms with Crippen molar-refractivity contribution < 1.29 is 4.74 Å². The van der Waals surface area contributed by atoms with Crippen molar-refractivity contribution in [1.82, 2.24) is 0 Å². The summed E-state index contributed by atoms with van der Waals surface area (Å²) in [5.74, 6) is 0.931. The molecule has 1 heteroatoms. The van der Waals surface area contributed by atoms with E-state index >= 15 is 0 Å². The van der Waals surface area contributed by atoms with E-state index in [1.54, 1.807) is 0 Å². The zero-order valence-electron chi connectivity index (χ0n) is 5.46. The molecule has 1 aromatic carbocycles. The molecule has 0 aliphatic rings. The van der Waals surface area contributed by atoms with Gasteiger partial charge in [-0.05, 0) is 14.0 Å². The van der Waals surface area contributed by atoms with E-state index in [0.717, 1.165) is 5.75 Å². The maximum Gasteiger partial charge on any atom is 0.225 e. The summed E-state index contributed by atoms with van der Waals surface area (Å²) >= 11 is 0. The minimum absolute atomic E-state index is 0.931. The Bertz CT molecular complexity index is 176. The molecule has 0 aromatic heterocycles. The van der Waals surface area contributed by atoms with Crippen molar-refractivity contribution in [2.45, 2.75) is 6.92 Å². The van der Waals surface area contributed by atoms with Crippen LogP contribution in [0.4, 0.5) is 0 Å². The summed E-state index contributed by atoms with van der Waals surface area (Å²) in [4.78, 5) is 0. The number of rotatable bonds is 1. The second kappa shape index (κ2) is 2.53. The van der Waals surface area contributed by atoms with Gasteiger partial charge in [0, 0.05) is 12.1 Å². The Labute approximate surface area is 55.3 Å². The second-order valence-electron chi connectivity index (χ2n) is 1.99. The van der Waals surface area contributed by atoms with Crippen molar-refractivity contribution in [2.75, 3.05) is 0 Å². The third kappa shape index (κ3) is 1.46. The number of benzene rings is 1. The lowest BCUT2D eigenvalue weighted by Gasteiger charge is -2.01. The van der Waals surface area contributed by atoms with Crippen LogP contribution in [0.15, 0.2) is 24.3 Å². The average Bonchev–Trinajstić information content (AvgIpc) is 1.90. The number of aliphatic hydroxyl groups is 1. The molecule has 0 heterocycles. The molecule has 0 spiro atoms. The highest BCUT2D eigenvalue weighted by molar-refractivity contribution is 5.25. The van der Waals surface area contributed by atoms with Crippen molar-refractivity contribution in [3.05, 3.63) is 36.9 Å². The van der Waals surface area contributed by atoms with Crippen LogP contribution in [0.1, 0.15) is 5.56 Å². The van der Waals surface area contributed by atoms with Crippen LogP contribution in [0.5, 0.6) is 5.75 Å². The predicted octanol–water partition coefficient (Wildman–Crippen LogP) is 2.03. The van der Waals surface area contributed by atoms with Crippen LogP contribution < -0.4 is 0 Å². The summed E-state index contributed by atoms with van der Waals surface area (Å²) < 4.78 is 3.76. The highest BCUT2D eigenvalue weighted by Crippen LogP contribution is 2.10. The van der Waals surface area contributed by atoms with Crippen LogP contribution in [0.2, 0.25) is 0 Å². The molecule has 0 saturated carbocycles. The van der Waals surface area contributed by atoms with E-state index in [-0.39, 0.29) is 0 Å². The predicted molar refractivity (Wildman–Crippen MR) is 38.2 cm³/mol. The Hall–Kier alpha value is -0.980. The van der Waals surface area contributed by atoms with E-state index in [1.807, 2.05) is 31.2 Å². The monoisotopic (exact) mass is 122 g/mol. The van der Waals surface area contributed by atoms with Crippen molar-refractivity contribution in [3.8, 4) is 5.75 Å². The van der Waals surface area contributed by atoms with Crippen LogP contribution in [-0.4, -0.2) is 4.74 Å². The number of aromatic hydroxyl groups is 1. The Morgan fingerprint density at radius 1 is 1.22 bits per heavy atom. The molecule has 0 aliphatic heterocycles. The van der Waals surface area contributed by atoms with Gasteiger partial charge < -0.3 is 4.74 Å². The Morgan fingerprint density at radius 2 is 1.78 bits per heavy atom. The highest BCUT2D eigenvalue weighted by Gasteiger charge is 1.87. The zero-order valence-corrected chi connectivity index (χ0v) is 5.46. The lowest BCUT2D eigenvalue weighted by atomic mass is 10.2. The quantitative estimate of drug-likeness (QED) is 0.399. The van der Waals surface area contributed by atoms with E-state index in [9.17, 15) is 0 Å². The average molecular weight is 122 g/mol. The van der Waals surface area contributed by atoms with Gasteiger partial charge in [-0.1, -0.05) is 17.7 Å². The van der Waals surface area contributed by atoms with Gasteiger partial charge in [0.1, 0.15) is 0 Å². The Morgan fingerprint density at radius 3 is 2.22 bits per heavy atom. The molecule has 0 amide bonds. The minimum Gasteiger partial charge on any atom is -0.722 e. The molecule has 0 radical (unpaired) electrons. The molecule has 0 aliphatic carbocycles. The van der Waals surface area contributed by atoms with Crippen LogP contribution in [-0.2, 0) is 0 Å². The molecule has 9 heavy (non-hydrogen) atoms. The maximum absolute atomic E-state index is 3.76.